The third-order valence-electron chi connectivity index (χ3n) is 2.82. The molecular formula is C14H24P2. The second-order valence-corrected chi connectivity index (χ2v) is 8.98. The molecule has 0 saturated carbocycles. The van der Waals surface area contributed by atoms with Gasteiger partial charge in [-0.1, -0.05) is 66.8 Å². The van der Waals surface area contributed by atoms with Crippen molar-refractivity contribution in [3.63, 3.8) is 0 Å². The lowest BCUT2D eigenvalue weighted by Crippen LogP contribution is -2.22. The van der Waals surface area contributed by atoms with Crippen LogP contribution in [0.4, 0.5) is 0 Å². The summed E-state index contributed by atoms with van der Waals surface area (Å²) in [5.74, 6) is 0. The molecule has 0 spiro atoms. The maximum atomic E-state index is 2.44. The molecule has 1 rings (SSSR count). The van der Waals surface area contributed by atoms with E-state index in [1.807, 2.05) is 0 Å². The van der Waals surface area contributed by atoms with Crippen LogP contribution in [0.25, 0.3) is 0 Å². The fourth-order valence-electron chi connectivity index (χ4n) is 2.02. The molecule has 1 aromatic carbocycles. The minimum atomic E-state index is 0.0765. The third-order valence-corrected chi connectivity index (χ3v) is 7.66. The number of benzene rings is 1. The van der Waals surface area contributed by atoms with Crippen LogP contribution in [0.2, 0.25) is 0 Å². The minimum Gasteiger partial charge on any atom is -0.0778 e. The van der Waals surface area contributed by atoms with Crippen molar-refractivity contribution < 1.29 is 0 Å². The van der Waals surface area contributed by atoms with Crippen LogP contribution in [0.15, 0.2) is 24.3 Å². The lowest BCUT2D eigenvalue weighted by atomic mass is 10.4. The Kier molecular flexibility index (Phi) is 6.55. The normalized spacial score (nSPS) is 14.8. The zero-order chi connectivity index (χ0) is 12.0. The van der Waals surface area contributed by atoms with E-state index in [1.54, 1.807) is 10.6 Å². The van der Waals surface area contributed by atoms with Crippen LogP contribution in [0.3, 0.4) is 0 Å². The van der Waals surface area contributed by atoms with Crippen molar-refractivity contribution in [3.8, 4) is 0 Å². The fraction of sp³-hybridized carbons (Fsp3) is 0.571. The van der Waals surface area contributed by atoms with Gasteiger partial charge in [0, 0.05) is 0 Å². The molecule has 2 heteroatoms. The molecule has 90 valence electrons. The quantitative estimate of drug-likeness (QED) is 0.674. The molecule has 0 heterocycles. The van der Waals surface area contributed by atoms with Gasteiger partial charge >= 0.3 is 0 Å². The van der Waals surface area contributed by atoms with E-state index in [0.717, 1.165) is 0 Å². The first-order chi connectivity index (χ1) is 7.70. The highest BCUT2D eigenvalue weighted by Gasteiger charge is 2.12. The molecule has 2 unspecified atom stereocenters. The van der Waals surface area contributed by atoms with Crippen LogP contribution in [-0.4, -0.2) is 25.7 Å². The van der Waals surface area contributed by atoms with Gasteiger partial charge in [-0.05, 0) is 36.3 Å². The molecule has 0 saturated heterocycles. The maximum Gasteiger partial charge on any atom is -0.0167 e. The van der Waals surface area contributed by atoms with Gasteiger partial charge in [0.1, 0.15) is 0 Å². The van der Waals surface area contributed by atoms with Crippen LogP contribution in [0.1, 0.15) is 26.7 Å². The van der Waals surface area contributed by atoms with E-state index in [0.29, 0.717) is 0 Å². The predicted molar refractivity (Wildman–Crippen MR) is 81.7 cm³/mol. The molecule has 0 aliphatic rings. The van der Waals surface area contributed by atoms with Crippen LogP contribution in [-0.2, 0) is 0 Å². The van der Waals surface area contributed by atoms with Gasteiger partial charge in [-0.25, -0.2) is 0 Å². The van der Waals surface area contributed by atoms with E-state index in [2.05, 4.69) is 51.4 Å². The Balaban J connectivity index is 2.90. The van der Waals surface area contributed by atoms with E-state index >= 15 is 0 Å². The Labute approximate surface area is 103 Å². The van der Waals surface area contributed by atoms with Crippen LogP contribution >= 0.6 is 15.8 Å². The highest BCUT2D eigenvalue weighted by Crippen LogP contribution is 2.36. The molecule has 0 radical (unpaired) electrons. The summed E-state index contributed by atoms with van der Waals surface area (Å²) in [5, 5.41) is 3.34. The van der Waals surface area contributed by atoms with Crippen molar-refractivity contribution in [2.24, 2.45) is 0 Å². The molecule has 0 nitrogen and oxygen atoms in total. The Morgan fingerprint density at radius 1 is 0.812 bits per heavy atom. The van der Waals surface area contributed by atoms with Gasteiger partial charge in [0.25, 0.3) is 0 Å². The van der Waals surface area contributed by atoms with E-state index < -0.39 is 0 Å². The summed E-state index contributed by atoms with van der Waals surface area (Å²) in [6, 6.07) is 9.15. The summed E-state index contributed by atoms with van der Waals surface area (Å²) in [7, 11) is 0.153. The smallest absolute Gasteiger partial charge is 0.0167 e. The summed E-state index contributed by atoms with van der Waals surface area (Å²) < 4.78 is 0. The van der Waals surface area contributed by atoms with Crippen LogP contribution in [0.5, 0.6) is 0 Å². The first-order valence-electron chi connectivity index (χ1n) is 6.22. The molecule has 2 atom stereocenters. The SMILES string of the molecule is CCCP(C)c1ccccc1P(C)CCC. The monoisotopic (exact) mass is 254 g/mol. The number of hydrogen-bond donors (Lipinski definition) is 0. The second kappa shape index (κ2) is 7.41. The van der Waals surface area contributed by atoms with E-state index in [1.165, 1.54) is 25.2 Å². The van der Waals surface area contributed by atoms with Gasteiger partial charge in [0.15, 0.2) is 0 Å². The molecule has 16 heavy (non-hydrogen) atoms. The summed E-state index contributed by atoms with van der Waals surface area (Å²) in [6.45, 7) is 9.46. The van der Waals surface area contributed by atoms with Crippen molar-refractivity contribution >= 4 is 26.5 Å². The number of rotatable bonds is 6. The largest absolute Gasteiger partial charge is 0.0778 e. The van der Waals surface area contributed by atoms with Gasteiger partial charge in [-0.3, -0.25) is 0 Å². The Hall–Kier alpha value is 0.0800. The van der Waals surface area contributed by atoms with Crippen molar-refractivity contribution in [1.29, 1.82) is 0 Å². The molecule has 0 N–H and O–H groups in total. The van der Waals surface area contributed by atoms with Gasteiger partial charge in [-0.15, -0.1) is 0 Å². The van der Waals surface area contributed by atoms with Crippen molar-refractivity contribution in [3.05, 3.63) is 24.3 Å². The highest BCUT2D eigenvalue weighted by atomic mass is 31.1. The Bertz CT molecular complexity index is 278. The molecule has 1 aromatic rings. The van der Waals surface area contributed by atoms with Gasteiger partial charge in [0.05, 0.1) is 0 Å². The molecule has 0 amide bonds. The zero-order valence-corrected chi connectivity index (χ0v) is 12.8. The molecule has 0 aliphatic heterocycles. The van der Waals surface area contributed by atoms with Gasteiger partial charge < -0.3 is 0 Å². The molecular weight excluding hydrogens is 230 g/mol. The first-order valence-corrected chi connectivity index (χ1v) is 10.2. The molecule has 0 bridgehead atoms. The van der Waals surface area contributed by atoms with Crippen molar-refractivity contribution in [2.75, 3.05) is 25.7 Å². The minimum absolute atomic E-state index is 0.0765. The average Bonchev–Trinajstić information content (AvgIpc) is 2.30. The first kappa shape index (κ1) is 14.1. The molecule has 0 aliphatic carbocycles. The maximum absolute atomic E-state index is 2.44. The standard InChI is InChI=1S/C14H24P2/c1-5-11-15(3)13-9-7-8-10-14(13)16(4)12-6-2/h7-10H,5-6,11-12H2,1-4H3. The van der Waals surface area contributed by atoms with Crippen LogP contribution in [0, 0.1) is 0 Å². The van der Waals surface area contributed by atoms with Crippen LogP contribution < -0.4 is 10.6 Å². The van der Waals surface area contributed by atoms with E-state index in [-0.39, 0.29) is 15.8 Å². The summed E-state index contributed by atoms with van der Waals surface area (Å²) in [4.78, 5) is 0. The topological polar surface area (TPSA) is 0 Å². The van der Waals surface area contributed by atoms with E-state index in [4.69, 9.17) is 0 Å². The van der Waals surface area contributed by atoms with Gasteiger partial charge in [0.2, 0.25) is 0 Å². The van der Waals surface area contributed by atoms with Crippen molar-refractivity contribution in [2.45, 2.75) is 26.7 Å². The highest BCUT2D eigenvalue weighted by molar-refractivity contribution is 7.71. The predicted octanol–water partition coefficient (Wildman–Crippen LogP) is 3.98. The Morgan fingerprint density at radius 2 is 1.19 bits per heavy atom. The number of hydrogen-bond acceptors (Lipinski definition) is 0. The average molecular weight is 254 g/mol. The molecule has 0 aromatic heterocycles. The Morgan fingerprint density at radius 3 is 1.50 bits per heavy atom. The second-order valence-electron chi connectivity index (χ2n) is 4.33. The lowest BCUT2D eigenvalue weighted by Gasteiger charge is -2.20. The summed E-state index contributed by atoms with van der Waals surface area (Å²) in [6.07, 6.45) is 5.38. The zero-order valence-electron chi connectivity index (χ0n) is 11.0. The third kappa shape index (κ3) is 3.83. The van der Waals surface area contributed by atoms with Gasteiger partial charge in [-0.2, -0.15) is 0 Å². The summed E-state index contributed by atoms with van der Waals surface area (Å²) >= 11 is 0. The lowest BCUT2D eigenvalue weighted by molar-refractivity contribution is 1.10. The van der Waals surface area contributed by atoms with E-state index in [9.17, 15) is 0 Å². The fourth-order valence-corrected chi connectivity index (χ4v) is 6.48. The molecule has 0 fully saturated rings. The van der Waals surface area contributed by atoms with Crippen molar-refractivity contribution in [1.82, 2.24) is 0 Å². The summed E-state index contributed by atoms with van der Waals surface area (Å²) in [5.41, 5.74) is 0.